The molecule has 0 radical (unpaired) electrons. The lowest BCUT2D eigenvalue weighted by atomic mass is 10.2. The molecule has 0 spiro atoms. The number of H-pyrrole nitrogens is 1. The normalized spacial score (nSPS) is 9.93. The Kier molecular flexibility index (Phi) is 3.01. The molecular weight excluding hydrogens is 182 g/mol. The van der Waals surface area contributed by atoms with E-state index < -0.39 is 0 Å². The Labute approximate surface area is 81.9 Å². The van der Waals surface area contributed by atoms with E-state index in [1.807, 2.05) is 13.8 Å². The summed E-state index contributed by atoms with van der Waals surface area (Å²) in [6.07, 6.45) is -0.106. The molecule has 0 saturated carbocycles. The van der Waals surface area contributed by atoms with Crippen molar-refractivity contribution in [3.8, 4) is 0 Å². The molecule has 0 fully saturated rings. The molecule has 0 aromatic carbocycles. The summed E-state index contributed by atoms with van der Waals surface area (Å²) in [7, 11) is 0. The van der Waals surface area contributed by atoms with Crippen molar-refractivity contribution in [2.75, 3.05) is 5.32 Å². The molecule has 0 aliphatic rings. The van der Waals surface area contributed by atoms with Crippen molar-refractivity contribution in [3.05, 3.63) is 11.3 Å². The first-order chi connectivity index (χ1) is 6.50. The minimum absolute atomic E-state index is 0.106. The maximum Gasteiger partial charge on any atom is 0.233 e. The highest BCUT2D eigenvalue weighted by atomic mass is 16.2. The number of aromatic amines is 1. The van der Waals surface area contributed by atoms with Gasteiger partial charge in [0, 0.05) is 11.3 Å². The monoisotopic (exact) mass is 195 g/mol. The fourth-order valence-electron chi connectivity index (χ4n) is 1.01. The Hall–Kier alpha value is -1.65. The van der Waals surface area contributed by atoms with Gasteiger partial charge in [-0.2, -0.15) is 5.10 Å². The molecule has 2 N–H and O–H groups in total. The zero-order valence-electron chi connectivity index (χ0n) is 8.47. The molecule has 14 heavy (non-hydrogen) atoms. The zero-order chi connectivity index (χ0) is 10.7. The predicted molar refractivity (Wildman–Crippen MR) is 52.0 cm³/mol. The van der Waals surface area contributed by atoms with Gasteiger partial charge in [-0.05, 0) is 20.8 Å². The van der Waals surface area contributed by atoms with Crippen LogP contribution in [0.3, 0.4) is 0 Å². The number of Topliss-reactive ketones (excluding diaryl/α,β-unsaturated/α-hetero) is 1. The van der Waals surface area contributed by atoms with Crippen LogP contribution in [0, 0.1) is 13.8 Å². The van der Waals surface area contributed by atoms with E-state index in [0.717, 1.165) is 11.3 Å². The number of rotatable bonds is 3. The summed E-state index contributed by atoms with van der Waals surface area (Å²) in [6, 6.07) is 0. The van der Waals surface area contributed by atoms with E-state index in [4.69, 9.17) is 0 Å². The second-order valence-corrected chi connectivity index (χ2v) is 3.25. The lowest BCUT2D eigenvalue weighted by Crippen LogP contribution is -2.15. The van der Waals surface area contributed by atoms with Crippen LogP contribution >= 0.6 is 0 Å². The molecule has 1 heterocycles. The number of carbonyl (C=O) groups excluding carboxylic acids is 2. The minimum atomic E-state index is -0.327. The largest absolute Gasteiger partial charge is 0.309 e. The Balaban J connectivity index is 2.65. The summed E-state index contributed by atoms with van der Waals surface area (Å²) in [6.45, 7) is 5.09. The maximum absolute atomic E-state index is 11.2. The molecule has 0 bridgehead atoms. The van der Waals surface area contributed by atoms with Crippen LogP contribution in [0.1, 0.15) is 24.6 Å². The fourth-order valence-corrected chi connectivity index (χ4v) is 1.01. The number of amides is 1. The zero-order valence-corrected chi connectivity index (χ0v) is 8.47. The summed E-state index contributed by atoms with van der Waals surface area (Å²) >= 11 is 0. The summed E-state index contributed by atoms with van der Waals surface area (Å²) < 4.78 is 0. The van der Waals surface area contributed by atoms with Gasteiger partial charge in [-0.25, -0.2) is 0 Å². The van der Waals surface area contributed by atoms with Crippen LogP contribution in [0.4, 0.5) is 5.82 Å². The van der Waals surface area contributed by atoms with E-state index in [1.54, 1.807) is 0 Å². The highest BCUT2D eigenvalue weighted by Crippen LogP contribution is 2.13. The van der Waals surface area contributed by atoms with Crippen molar-refractivity contribution >= 4 is 17.5 Å². The number of hydrogen-bond donors (Lipinski definition) is 2. The SMILES string of the molecule is CC(=O)CC(=O)Nc1n[nH]c(C)c1C. The van der Waals surface area contributed by atoms with Crippen molar-refractivity contribution in [1.29, 1.82) is 0 Å². The van der Waals surface area contributed by atoms with Gasteiger partial charge in [-0.3, -0.25) is 14.7 Å². The van der Waals surface area contributed by atoms with Gasteiger partial charge in [0.1, 0.15) is 5.78 Å². The third-order valence-electron chi connectivity index (χ3n) is 1.92. The van der Waals surface area contributed by atoms with Crippen LogP contribution < -0.4 is 5.32 Å². The quantitative estimate of drug-likeness (QED) is 0.705. The van der Waals surface area contributed by atoms with Gasteiger partial charge in [0.05, 0.1) is 6.42 Å². The number of hydrogen-bond acceptors (Lipinski definition) is 3. The van der Waals surface area contributed by atoms with Crippen molar-refractivity contribution in [2.45, 2.75) is 27.2 Å². The molecular formula is C9H13N3O2. The molecule has 0 unspecified atom stereocenters. The highest BCUT2D eigenvalue weighted by molar-refractivity contribution is 6.03. The molecule has 1 aromatic rings. The molecule has 1 rings (SSSR count). The first-order valence-corrected chi connectivity index (χ1v) is 4.31. The second-order valence-electron chi connectivity index (χ2n) is 3.25. The third kappa shape index (κ3) is 2.42. The number of nitrogens with one attached hydrogen (secondary N) is 2. The summed E-state index contributed by atoms with van der Waals surface area (Å²) in [5, 5.41) is 9.20. The maximum atomic E-state index is 11.2. The second kappa shape index (κ2) is 4.04. The molecule has 0 aliphatic heterocycles. The van der Waals surface area contributed by atoms with Crippen molar-refractivity contribution in [3.63, 3.8) is 0 Å². The molecule has 1 amide bonds. The van der Waals surface area contributed by atoms with Gasteiger partial charge in [0.2, 0.25) is 5.91 Å². The summed E-state index contributed by atoms with van der Waals surface area (Å²) in [5.74, 6) is 0.00765. The molecule has 1 aromatic heterocycles. The Morgan fingerprint density at radius 3 is 2.50 bits per heavy atom. The van der Waals surface area contributed by atoms with Crippen molar-refractivity contribution in [1.82, 2.24) is 10.2 Å². The fraction of sp³-hybridized carbons (Fsp3) is 0.444. The van der Waals surface area contributed by atoms with Crippen LogP contribution in [0.25, 0.3) is 0 Å². The lowest BCUT2D eigenvalue weighted by molar-refractivity contribution is -0.124. The van der Waals surface area contributed by atoms with Gasteiger partial charge in [-0.15, -0.1) is 0 Å². The van der Waals surface area contributed by atoms with E-state index in [0.29, 0.717) is 5.82 Å². The van der Waals surface area contributed by atoms with Gasteiger partial charge in [-0.1, -0.05) is 0 Å². The first kappa shape index (κ1) is 10.4. The van der Waals surface area contributed by atoms with E-state index in [2.05, 4.69) is 15.5 Å². The summed E-state index contributed by atoms with van der Waals surface area (Å²) in [5.41, 5.74) is 1.80. The van der Waals surface area contributed by atoms with E-state index >= 15 is 0 Å². The molecule has 0 atom stereocenters. The third-order valence-corrected chi connectivity index (χ3v) is 1.92. The Morgan fingerprint density at radius 1 is 1.43 bits per heavy atom. The van der Waals surface area contributed by atoms with Crippen LogP contribution in [-0.4, -0.2) is 21.9 Å². The molecule has 76 valence electrons. The lowest BCUT2D eigenvalue weighted by Gasteiger charge is -2.00. The van der Waals surface area contributed by atoms with Crippen LogP contribution in [0.15, 0.2) is 0 Å². The van der Waals surface area contributed by atoms with Crippen molar-refractivity contribution in [2.24, 2.45) is 0 Å². The molecule has 5 heteroatoms. The Morgan fingerprint density at radius 2 is 2.07 bits per heavy atom. The average Bonchev–Trinajstić information content (AvgIpc) is 2.34. The smallest absolute Gasteiger partial charge is 0.233 e. The van der Waals surface area contributed by atoms with Gasteiger partial charge in [0.25, 0.3) is 0 Å². The van der Waals surface area contributed by atoms with E-state index in [-0.39, 0.29) is 18.1 Å². The standard InChI is InChI=1S/C9H13N3O2/c1-5(13)4-8(14)10-9-6(2)7(3)11-12-9/h4H2,1-3H3,(H2,10,11,12,14). The topological polar surface area (TPSA) is 74.8 Å². The number of ketones is 1. The molecule has 0 saturated heterocycles. The van der Waals surface area contributed by atoms with Gasteiger partial charge < -0.3 is 5.32 Å². The first-order valence-electron chi connectivity index (χ1n) is 4.31. The Bertz CT molecular complexity index is 368. The van der Waals surface area contributed by atoms with E-state index in [1.165, 1.54) is 6.92 Å². The number of nitrogens with zero attached hydrogens (tertiary/aromatic N) is 1. The average molecular weight is 195 g/mol. The predicted octanol–water partition coefficient (Wildman–Crippen LogP) is 0.944. The van der Waals surface area contributed by atoms with Gasteiger partial charge >= 0.3 is 0 Å². The summed E-state index contributed by atoms with van der Waals surface area (Å²) in [4.78, 5) is 21.8. The molecule has 5 nitrogen and oxygen atoms in total. The number of carbonyl (C=O) groups is 2. The molecule has 0 aliphatic carbocycles. The highest BCUT2D eigenvalue weighted by Gasteiger charge is 2.10. The van der Waals surface area contributed by atoms with Gasteiger partial charge in [0.15, 0.2) is 5.82 Å². The van der Waals surface area contributed by atoms with E-state index in [9.17, 15) is 9.59 Å². The van der Waals surface area contributed by atoms with Crippen LogP contribution in [0.2, 0.25) is 0 Å². The number of anilines is 1. The van der Waals surface area contributed by atoms with Crippen LogP contribution in [-0.2, 0) is 9.59 Å². The van der Waals surface area contributed by atoms with Crippen molar-refractivity contribution < 1.29 is 9.59 Å². The minimum Gasteiger partial charge on any atom is -0.309 e. The van der Waals surface area contributed by atoms with Crippen LogP contribution in [0.5, 0.6) is 0 Å². The number of aromatic nitrogens is 2. The number of aryl methyl sites for hydroxylation is 1.